The molecule has 0 aromatic heterocycles. The van der Waals surface area contributed by atoms with E-state index in [0.717, 1.165) is 12.5 Å². The van der Waals surface area contributed by atoms with E-state index in [1.54, 1.807) is 0 Å². The standard InChI is InChI=1S/C14H28N2/c1-4-12-5-6-14(9-12,10-15)16-8-7-13(2,3)11-16/h12H,4-11,15H2,1-3H3. The molecule has 16 heavy (non-hydrogen) atoms. The van der Waals surface area contributed by atoms with Crippen molar-refractivity contribution in [2.24, 2.45) is 17.1 Å². The lowest BCUT2D eigenvalue weighted by atomic mass is 9.91. The molecule has 2 rings (SSSR count). The highest BCUT2D eigenvalue weighted by atomic mass is 15.2. The van der Waals surface area contributed by atoms with Crippen molar-refractivity contribution in [2.45, 2.75) is 58.4 Å². The Kier molecular flexibility index (Phi) is 3.33. The Morgan fingerprint density at radius 2 is 2.06 bits per heavy atom. The van der Waals surface area contributed by atoms with E-state index in [0.29, 0.717) is 11.0 Å². The van der Waals surface area contributed by atoms with Crippen LogP contribution in [0.2, 0.25) is 0 Å². The van der Waals surface area contributed by atoms with Crippen molar-refractivity contribution in [3.8, 4) is 0 Å². The van der Waals surface area contributed by atoms with Gasteiger partial charge in [0.25, 0.3) is 0 Å². The zero-order chi connectivity index (χ0) is 11.8. The summed E-state index contributed by atoms with van der Waals surface area (Å²) in [6.45, 7) is 10.5. The lowest BCUT2D eigenvalue weighted by Gasteiger charge is -2.39. The molecule has 2 nitrogen and oxygen atoms in total. The molecule has 1 heterocycles. The summed E-state index contributed by atoms with van der Waals surface area (Å²) >= 11 is 0. The van der Waals surface area contributed by atoms with Crippen molar-refractivity contribution in [1.82, 2.24) is 4.90 Å². The maximum atomic E-state index is 6.11. The molecule has 0 aromatic carbocycles. The number of nitrogens with zero attached hydrogens (tertiary/aromatic N) is 1. The predicted octanol–water partition coefficient (Wildman–Crippen LogP) is 2.63. The van der Waals surface area contributed by atoms with Gasteiger partial charge in [0.2, 0.25) is 0 Å². The van der Waals surface area contributed by atoms with Gasteiger partial charge in [0.05, 0.1) is 0 Å². The molecule has 94 valence electrons. The van der Waals surface area contributed by atoms with Gasteiger partial charge in [-0.2, -0.15) is 0 Å². The van der Waals surface area contributed by atoms with Gasteiger partial charge in [-0.3, -0.25) is 4.90 Å². The number of hydrogen-bond acceptors (Lipinski definition) is 2. The second-order valence-electron chi connectivity index (χ2n) is 6.78. The highest BCUT2D eigenvalue weighted by Gasteiger charge is 2.46. The third-order valence-electron chi connectivity index (χ3n) is 4.99. The Hall–Kier alpha value is -0.0800. The van der Waals surface area contributed by atoms with Gasteiger partial charge in [-0.15, -0.1) is 0 Å². The fourth-order valence-electron chi connectivity index (χ4n) is 3.68. The molecule has 2 unspecified atom stereocenters. The second kappa shape index (κ2) is 4.30. The molecule has 1 saturated heterocycles. The van der Waals surface area contributed by atoms with Crippen molar-refractivity contribution >= 4 is 0 Å². The quantitative estimate of drug-likeness (QED) is 0.798. The third-order valence-corrected chi connectivity index (χ3v) is 4.99. The summed E-state index contributed by atoms with van der Waals surface area (Å²) in [5.41, 5.74) is 6.97. The molecule has 2 heteroatoms. The van der Waals surface area contributed by atoms with E-state index in [2.05, 4.69) is 25.7 Å². The first-order valence-electron chi connectivity index (χ1n) is 6.96. The van der Waals surface area contributed by atoms with Crippen molar-refractivity contribution in [2.75, 3.05) is 19.6 Å². The average Bonchev–Trinajstić information content (AvgIpc) is 2.82. The van der Waals surface area contributed by atoms with Crippen LogP contribution in [0, 0.1) is 11.3 Å². The second-order valence-corrected chi connectivity index (χ2v) is 6.78. The van der Waals surface area contributed by atoms with Crippen LogP contribution in [-0.4, -0.2) is 30.1 Å². The molecular weight excluding hydrogens is 196 g/mol. The molecule has 1 aliphatic heterocycles. The third kappa shape index (κ3) is 2.14. The largest absolute Gasteiger partial charge is 0.329 e. The van der Waals surface area contributed by atoms with Crippen molar-refractivity contribution < 1.29 is 0 Å². The minimum Gasteiger partial charge on any atom is -0.329 e. The smallest absolute Gasteiger partial charge is 0.0334 e. The summed E-state index contributed by atoms with van der Waals surface area (Å²) in [6, 6.07) is 0. The molecule has 0 radical (unpaired) electrons. The number of nitrogens with two attached hydrogens (primary N) is 1. The first-order valence-corrected chi connectivity index (χ1v) is 6.96. The van der Waals surface area contributed by atoms with Crippen LogP contribution in [0.25, 0.3) is 0 Å². The maximum Gasteiger partial charge on any atom is 0.0334 e. The predicted molar refractivity (Wildman–Crippen MR) is 69.4 cm³/mol. The summed E-state index contributed by atoms with van der Waals surface area (Å²) < 4.78 is 0. The van der Waals surface area contributed by atoms with Crippen molar-refractivity contribution in [1.29, 1.82) is 0 Å². The van der Waals surface area contributed by atoms with Gasteiger partial charge in [0.1, 0.15) is 0 Å². The lowest BCUT2D eigenvalue weighted by molar-refractivity contribution is 0.112. The van der Waals surface area contributed by atoms with Crippen LogP contribution in [0.1, 0.15) is 52.9 Å². The van der Waals surface area contributed by atoms with Crippen LogP contribution >= 0.6 is 0 Å². The Morgan fingerprint density at radius 3 is 2.50 bits per heavy atom. The van der Waals surface area contributed by atoms with E-state index >= 15 is 0 Å². The van der Waals surface area contributed by atoms with Gasteiger partial charge >= 0.3 is 0 Å². The van der Waals surface area contributed by atoms with Crippen LogP contribution in [0.15, 0.2) is 0 Å². The average molecular weight is 224 g/mol. The van der Waals surface area contributed by atoms with Gasteiger partial charge in [0, 0.05) is 18.6 Å². The molecular formula is C14H28N2. The summed E-state index contributed by atoms with van der Waals surface area (Å²) in [6.07, 6.45) is 6.74. The van der Waals surface area contributed by atoms with Crippen molar-refractivity contribution in [3.05, 3.63) is 0 Å². The lowest BCUT2D eigenvalue weighted by Crippen LogP contribution is -2.51. The highest BCUT2D eigenvalue weighted by Crippen LogP contribution is 2.44. The van der Waals surface area contributed by atoms with E-state index < -0.39 is 0 Å². The van der Waals surface area contributed by atoms with E-state index in [1.165, 1.54) is 45.2 Å². The SMILES string of the molecule is CCC1CCC(CN)(N2CCC(C)(C)C2)C1. The van der Waals surface area contributed by atoms with Gasteiger partial charge in [-0.05, 0) is 43.6 Å². The highest BCUT2D eigenvalue weighted by molar-refractivity contribution is 5.02. The summed E-state index contributed by atoms with van der Waals surface area (Å²) in [4.78, 5) is 2.71. The van der Waals surface area contributed by atoms with Gasteiger partial charge < -0.3 is 5.73 Å². The van der Waals surface area contributed by atoms with Gasteiger partial charge in [-0.25, -0.2) is 0 Å². The number of likely N-dealkylation sites (tertiary alicyclic amines) is 1. The molecule has 2 N–H and O–H groups in total. The number of hydrogen-bond donors (Lipinski definition) is 1. The topological polar surface area (TPSA) is 29.3 Å². The Labute approximate surface area is 101 Å². The molecule has 2 aliphatic rings. The van der Waals surface area contributed by atoms with Gasteiger partial charge in [0.15, 0.2) is 0 Å². The molecule has 1 aliphatic carbocycles. The van der Waals surface area contributed by atoms with E-state index in [-0.39, 0.29) is 0 Å². The molecule has 2 fully saturated rings. The summed E-state index contributed by atoms with van der Waals surface area (Å²) in [5.74, 6) is 0.923. The first-order chi connectivity index (χ1) is 7.51. The monoisotopic (exact) mass is 224 g/mol. The fraction of sp³-hybridized carbons (Fsp3) is 1.00. The fourth-order valence-corrected chi connectivity index (χ4v) is 3.68. The minimum atomic E-state index is 0.356. The number of rotatable bonds is 3. The Morgan fingerprint density at radius 1 is 1.31 bits per heavy atom. The van der Waals surface area contributed by atoms with E-state index in [9.17, 15) is 0 Å². The maximum absolute atomic E-state index is 6.11. The Bertz CT molecular complexity index is 249. The van der Waals surface area contributed by atoms with E-state index in [1.807, 2.05) is 0 Å². The minimum absolute atomic E-state index is 0.356. The zero-order valence-electron chi connectivity index (χ0n) is 11.3. The molecule has 0 aromatic rings. The van der Waals surface area contributed by atoms with Gasteiger partial charge in [-0.1, -0.05) is 27.2 Å². The normalized spacial score (nSPS) is 39.4. The molecule has 0 bridgehead atoms. The van der Waals surface area contributed by atoms with Crippen LogP contribution < -0.4 is 5.73 Å². The molecule has 0 spiro atoms. The zero-order valence-corrected chi connectivity index (χ0v) is 11.3. The van der Waals surface area contributed by atoms with E-state index in [4.69, 9.17) is 5.73 Å². The molecule has 0 amide bonds. The van der Waals surface area contributed by atoms with Crippen LogP contribution in [-0.2, 0) is 0 Å². The Balaban J connectivity index is 2.06. The van der Waals surface area contributed by atoms with Crippen LogP contribution in [0.4, 0.5) is 0 Å². The summed E-state index contributed by atoms with van der Waals surface area (Å²) in [7, 11) is 0. The molecule has 2 atom stereocenters. The molecule has 1 saturated carbocycles. The summed E-state index contributed by atoms with van der Waals surface area (Å²) in [5, 5.41) is 0. The van der Waals surface area contributed by atoms with Crippen molar-refractivity contribution in [3.63, 3.8) is 0 Å². The van der Waals surface area contributed by atoms with Crippen LogP contribution in [0.5, 0.6) is 0 Å². The van der Waals surface area contributed by atoms with Crippen LogP contribution in [0.3, 0.4) is 0 Å². The first kappa shape index (κ1) is 12.4.